The zero-order valence-electron chi connectivity index (χ0n) is 9.26. The van der Waals surface area contributed by atoms with Crippen molar-refractivity contribution in [1.82, 2.24) is 0 Å². The zero-order valence-corrected chi connectivity index (χ0v) is 10.8. The molecule has 0 aliphatic carbocycles. The van der Waals surface area contributed by atoms with Crippen LogP contribution in [-0.4, -0.2) is 11.1 Å². The summed E-state index contributed by atoms with van der Waals surface area (Å²) in [5, 5.41) is 9.53. The number of halogens is 1. The second-order valence-electron chi connectivity index (χ2n) is 3.62. The lowest BCUT2D eigenvalue weighted by atomic mass is 10.2. The van der Waals surface area contributed by atoms with Crippen LogP contribution in [-0.2, 0) is 0 Å². The van der Waals surface area contributed by atoms with Crippen LogP contribution in [0, 0.1) is 0 Å². The number of benzene rings is 2. The number of carboxylic acid groups (broad SMARTS) is 1. The van der Waals surface area contributed by atoms with Gasteiger partial charge in [-0.2, -0.15) is 0 Å². The number of nitrogen functional groups attached to an aromatic ring is 1. The summed E-state index contributed by atoms with van der Waals surface area (Å²) in [6.07, 6.45) is 0. The topological polar surface area (TPSA) is 63.3 Å². The van der Waals surface area contributed by atoms with E-state index in [2.05, 4.69) is 0 Å². The third-order valence-corrected chi connectivity index (χ3v) is 3.60. The molecular formula is C13H10ClNO2S. The number of anilines is 1. The molecule has 0 radical (unpaired) electrons. The number of nitrogens with two attached hydrogens (primary N) is 1. The van der Waals surface area contributed by atoms with E-state index in [1.54, 1.807) is 24.3 Å². The molecule has 3 N–H and O–H groups in total. The molecule has 0 saturated heterocycles. The van der Waals surface area contributed by atoms with Crippen molar-refractivity contribution in [3.8, 4) is 0 Å². The van der Waals surface area contributed by atoms with Crippen LogP contribution in [0.4, 0.5) is 5.69 Å². The third kappa shape index (κ3) is 2.97. The molecule has 5 heteroatoms. The molecule has 0 heterocycles. The molecule has 2 aromatic carbocycles. The zero-order chi connectivity index (χ0) is 13.1. The highest BCUT2D eigenvalue weighted by molar-refractivity contribution is 7.99. The molecule has 3 nitrogen and oxygen atoms in total. The van der Waals surface area contributed by atoms with E-state index in [1.807, 2.05) is 12.1 Å². The Morgan fingerprint density at radius 2 is 1.83 bits per heavy atom. The largest absolute Gasteiger partial charge is 0.478 e. The normalized spacial score (nSPS) is 10.3. The molecule has 0 aliphatic rings. The van der Waals surface area contributed by atoms with Crippen LogP contribution in [0.2, 0.25) is 5.02 Å². The standard InChI is InChI=1S/C13H10ClNO2S/c14-8-1-6-12(11(7-8)13(16)17)18-10-4-2-9(15)3-5-10/h1-7H,15H2,(H,16,17). The Morgan fingerprint density at radius 3 is 2.44 bits per heavy atom. The van der Waals surface area contributed by atoms with Crippen LogP contribution < -0.4 is 5.73 Å². The van der Waals surface area contributed by atoms with Crippen molar-refractivity contribution in [2.75, 3.05) is 5.73 Å². The fourth-order valence-corrected chi connectivity index (χ4v) is 2.51. The highest BCUT2D eigenvalue weighted by atomic mass is 35.5. The Labute approximate surface area is 114 Å². The molecule has 0 atom stereocenters. The first-order valence-electron chi connectivity index (χ1n) is 5.12. The molecule has 0 aromatic heterocycles. The van der Waals surface area contributed by atoms with Crippen molar-refractivity contribution in [3.05, 3.63) is 53.1 Å². The minimum Gasteiger partial charge on any atom is -0.478 e. The van der Waals surface area contributed by atoms with Gasteiger partial charge in [-0.25, -0.2) is 4.79 Å². The van der Waals surface area contributed by atoms with E-state index in [0.29, 0.717) is 15.6 Å². The summed E-state index contributed by atoms with van der Waals surface area (Å²) >= 11 is 7.16. The summed E-state index contributed by atoms with van der Waals surface area (Å²) in [6.45, 7) is 0. The van der Waals surface area contributed by atoms with Crippen LogP contribution in [0.3, 0.4) is 0 Å². The first kappa shape index (κ1) is 12.8. The van der Waals surface area contributed by atoms with E-state index < -0.39 is 5.97 Å². The van der Waals surface area contributed by atoms with E-state index in [4.69, 9.17) is 22.4 Å². The van der Waals surface area contributed by atoms with Gasteiger partial charge in [0.05, 0.1) is 5.56 Å². The highest BCUT2D eigenvalue weighted by Crippen LogP contribution is 2.32. The van der Waals surface area contributed by atoms with Gasteiger partial charge in [0.1, 0.15) is 0 Å². The quantitative estimate of drug-likeness (QED) is 0.840. The van der Waals surface area contributed by atoms with Crippen LogP contribution in [0.1, 0.15) is 10.4 Å². The Hall–Kier alpha value is -1.65. The van der Waals surface area contributed by atoms with Crippen molar-refractivity contribution in [3.63, 3.8) is 0 Å². The maximum absolute atomic E-state index is 11.1. The molecule has 0 bridgehead atoms. The van der Waals surface area contributed by atoms with Gasteiger partial charge in [-0.05, 0) is 42.5 Å². The van der Waals surface area contributed by atoms with E-state index >= 15 is 0 Å². The van der Waals surface area contributed by atoms with Gasteiger partial charge in [-0.1, -0.05) is 23.4 Å². The molecule has 0 saturated carbocycles. The summed E-state index contributed by atoms with van der Waals surface area (Å²) < 4.78 is 0. The van der Waals surface area contributed by atoms with E-state index in [1.165, 1.54) is 17.8 Å². The molecule has 0 aliphatic heterocycles. The second kappa shape index (κ2) is 5.33. The number of carboxylic acids is 1. The van der Waals surface area contributed by atoms with Crippen LogP contribution in [0.15, 0.2) is 52.3 Å². The predicted molar refractivity (Wildman–Crippen MR) is 73.4 cm³/mol. The Morgan fingerprint density at radius 1 is 1.17 bits per heavy atom. The smallest absolute Gasteiger partial charge is 0.336 e. The lowest BCUT2D eigenvalue weighted by Gasteiger charge is -2.06. The van der Waals surface area contributed by atoms with E-state index in [-0.39, 0.29) is 5.56 Å². The number of hydrogen-bond acceptors (Lipinski definition) is 3. The molecule has 18 heavy (non-hydrogen) atoms. The van der Waals surface area contributed by atoms with Crippen molar-refractivity contribution >= 4 is 35.0 Å². The van der Waals surface area contributed by atoms with Crippen LogP contribution in [0.5, 0.6) is 0 Å². The fraction of sp³-hybridized carbons (Fsp3) is 0. The molecule has 2 aromatic rings. The fourth-order valence-electron chi connectivity index (χ4n) is 1.42. The Kier molecular flexibility index (Phi) is 3.79. The SMILES string of the molecule is Nc1ccc(Sc2ccc(Cl)cc2C(=O)O)cc1. The van der Waals surface area contributed by atoms with E-state index in [9.17, 15) is 4.79 Å². The third-order valence-electron chi connectivity index (χ3n) is 2.28. The molecular weight excluding hydrogens is 270 g/mol. The lowest BCUT2D eigenvalue weighted by Crippen LogP contribution is -1.98. The summed E-state index contributed by atoms with van der Waals surface area (Å²) in [7, 11) is 0. The van der Waals surface area contributed by atoms with Crippen molar-refractivity contribution in [1.29, 1.82) is 0 Å². The minimum absolute atomic E-state index is 0.198. The first-order chi connectivity index (χ1) is 8.56. The van der Waals surface area contributed by atoms with Crippen LogP contribution >= 0.6 is 23.4 Å². The van der Waals surface area contributed by atoms with Gasteiger partial charge < -0.3 is 10.8 Å². The van der Waals surface area contributed by atoms with Gasteiger partial charge in [0.2, 0.25) is 0 Å². The average Bonchev–Trinajstić information content (AvgIpc) is 2.34. The van der Waals surface area contributed by atoms with Gasteiger partial charge in [0.15, 0.2) is 0 Å². The van der Waals surface area contributed by atoms with Gasteiger partial charge in [-0.15, -0.1) is 0 Å². The predicted octanol–water partition coefficient (Wildman–Crippen LogP) is 3.77. The Bertz CT molecular complexity index is 584. The monoisotopic (exact) mass is 279 g/mol. The number of aromatic carboxylic acids is 1. The first-order valence-corrected chi connectivity index (χ1v) is 6.32. The molecule has 0 fully saturated rings. The van der Waals surface area contributed by atoms with Crippen molar-refractivity contribution < 1.29 is 9.90 Å². The molecule has 2 rings (SSSR count). The second-order valence-corrected chi connectivity index (χ2v) is 5.17. The van der Waals surface area contributed by atoms with E-state index in [0.717, 1.165) is 4.90 Å². The summed E-state index contributed by atoms with van der Waals surface area (Å²) in [4.78, 5) is 12.7. The van der Waals surface area contributed by atoms with Crippen molar-refractivity contribution in [2.24, 2.45) is 0 Å². The summed E-state index contributed by atoms with van der Waals surface area (Å²) in [5.41, 5.74) is 6.47. The van der Waals surface area contributed by atoms with Gasteiger partial charge >= 0.3 is 5.97 Å². The van der Waals surface area contributed by atoms with Crippen LogP contribution in [0.25, 0.3) is 0 Å². The molecule has 0 amide bonds. The summed E-state index contributed by atoms with van der Waals surface area (Å²) in [6, 6.07) is 12.1. The number of rotatable bonds is 3. The molecule has 0 unspecified atom stereocenters. The molecule has 92 valence electrons. The average molecular weight is 280 g/mol. The highest BCUT2D eigenvalue weighted by Gasteiger charge is 2.11. The van der Waals surface area contributed by atoms with Gasteiger partial charge in [0, 0.05) is 20.5 Å². The van der Waals surface area contributed by atoms with Gasteiger partial charge in [0.25, 0.3) is 0 Å². The van der Waals surface area contributed by atoms with Crippen molar-refractivity contribution in [2.45, 2.75) is 9.79 Å². The summed E-state index contributed by atoms with van der Waals surface area (Å²) in [5.74, 6) is -0.990. The minimum atomic E-state index is -0.990. The maximum Gasteiger partial charge on any atom is 0.336 e. The Balaban J connectivity index is 2.34. The van der Waals surface area contributed by atoms with Gasteiger partial charge in [-0.3, -0.25) is 0 Å². The lowest BCUT2D eigenvalue weighted by molar-refractivity contribution is 0.0693. The number of hydrogen-bond donors (Lipinski definition) is 2. The maximum atomic E-state index is 11.1. The molecule has 0 spiro atoms. The number of carbonyl (C=O) groups is 1.